The topological polar surface area (TPSA) is 108 Å². The molecule has 0 saturated carbocycles. The number of benzene rings is 1. The maximum atomic E-state index is 12.8. The fraction of sp³-hybridized carbons (Fsp3) is 0.273. The van der Waals surface area contributed by atoms with Gasteiger partial charge in [-0.25, -0.2) is 8.42 Å². The Morgan fingerprint density at radius 2 is 1.85 bits per heavy atom. The molecule has 1 aliphatic heterocycles. The highest BCUT2D eigenvalue weighted by molar-refractivity contribution is 7.92. The van der Waals surface area contributed by atoms with E-state index >= 15 is 0 Å². The highest BCUT2D eigenvalue weighted by atomic mass is 35.5. The molecule has 0 bridgehead atoms. The Balaban J connectivity index is 1.51. The minimum absolute atomic E-state index is 0.267. The molecule has 0 spiro atoms. The van der Waals surface area contributed by atoms with Gasteiger partial charge in [-0.3, -0.25) is 14.5 Å². The minimum Gasteiger partial charge on any atom is -0.368 e. The van der Waals surface area contributed by atoms with Crippen molar-refractivity contribution >= 4 is 44.6 Å². The van der Waals surface area contributed by atoms with E-state index in [1.807, 2.05) is 29.9 Å². The first-order valence-corrected chi connectivity index (χ1v) is 12.6. The molecule has 2 aromatic heterocycles. The third kappa shape index (κ3) is 5.84. The molecular formula is C22H25ClN6O3S. The van der Waals surface area contributed by atoms with Crippen LogP contribution in [0.1, 0.15) is 10.4 Å². The molecule has 174 valence electrons. The van der Waals surface area contributed by atoms with E-state index in [0.29, 0.717) is 16.3 Å². The number of hydrogen-bond donors (Lipinski definition) is 3. The molecule has 1 amide bonds. The number of nitrogens with zero attached hydrogens (tertiary/aromatic N) is 3. The molecule has 33 heavy (non-hydrogen) atoms. The van der Waals surface area contributed by atoms with Crippen LogP contribution in [0.5, 0.6) is 0 Å². The van der Waals surface area contributed by atoms with Gasteiger partial charge in [0.25, 0.3) is 5.91 Å². The molecule has 0 aliphatic carbocycles. The summed E-state index contributed by atoms with van der Waals surface area (Å²) in [5, 5.41) is 6.39. The normalized spacial score (nSPS) is 14.2. The number of piperazine rings is 1. The number of carbonyl (C=O) groups is 1. The number of carbonyl (C=O) groups excluding carboxylic acids is 1. The zero-order valence-corrected chi connectivity index (χ0v) is 19.9. The lowest BCUT2D eigenvalue weighted by Gasteiger charge is -2.29. The number of amides is 1. The van der Waals surface area contributed by atoms with Crippen molar-refractivity contribution in [2.75, 3.05) is 47.4 Å². The Bertz CT molecular complexity index is 1270. The van der Waals surface area contributed by atoms with Crippen molar-refractivity contribution in [3.8, 4) is 11.4 Å². The van der Waals surface area contributed by atoms with Gasteiger partial charge in [-0.05, 0) is 36.4 Å². The molecular weight excluding hydrogens is 464 g/mol. The lowest BCUT2D eigenvalue weighted by Crippen LogP contribution is -2.43. The van der Waals surface area contributed by atoms with Crippen LogP contribution in [0.15, 0.2) is 48.8 Å². The second kappa shape index (κ2) is 9.42. The summed E-state index contributed by atoms with van der Waals surface area (Å²) in [4.78, 5) is 19.7. The highest BCUT2D eigenvalue weighted by Crippen LogP contribution is 2.26. The number of halogens is 1. The van der Waals surface area contributed by atoms with Gasteiger partial charge in [-0.15, -0.1) is 0 Å². The van der Waals surface area contributed by atoms with Crippen LogP contribution < -0.4 is 20.3 Å². The van der Waals surface area contributed by atoms with Gasteiger partial charge >= 0.3 is 0 Å². The minimum atomic E-state index is -3.47. The first kappa shape index (κ1) is 23.1. The second-order valence-corrected chi connectivity index (χ2v) is 10.1. The molecule has 4 rings (SSSR count). The Labute approximate surface area is 197 Å². The van der Waals surface area contributed by atoms with E-state index in [2.05, 4.69) is 25.2 Å². The van der Waals surface area contributed by atoms with Gasteiger partial charge in [0.15, 0.2) is 0 Å². The number of sulfonamides is 1. The molecule has 0 atom stereocenters. The van der Waals surface area contributed by atoms with Gasteiger partial charge in [-0.1, -0.05) is 11.6 Å². The first-order chi connectivity index (χ1) is 15.7. The summed E-state index contributed by atoms with van der Waals surface area (Å²) < 4.78 is 27.2. The van der Waals surface area contributed by atoms with Gasteiger partial charge in [0, 0.05) is 50.1 Å². The first-order valence-electron chi connectivity index (χ1n) is 10.4. The zero-order chi connectivity index (χ0) is 23.6. The molecule has 1 aliphatic rings. The van der Waals surface area contributed by atoms with E-state index in [1.165, 1.54) is 12.1 Å². The predicted molar refractivity (Wildman–Crippen MR) is 132 cm³/mol. The van der Waals surface area contributed by atoms with Gasteiger partial charge in [-0.2, -0.15) is 0 Å². The van der Waals surface area contributed by atoms with Crippen LogP contribution in [0, 0.1) is 0 Å². The zero-order valence-electron chi connectivity index (χ0n) is 18.3. The lowest BCUT2D eigenvalue weighted by atomic mass is 10.2. The predicted octanol–water partition coefficient (Wildman–Crippen LogP) is 2.77. The summed E-state index contributed by atoms with van der Waals surface area (Å²) in [6.07, 6.45) is 4.62. The number of pyridine rings is 1. The Hall–Kier alpha value is -3.08. The number of nitrogens with one attached hydrogen (secondary N) is 3. The number of aromatic nitrogens is 2. The maximum absolute atomic E-state index is 12.8. The molecule has 3 N–H and O–H groups in total. The Morgan fingerprint density at radius 1 is 1.12 bits per heavy atom. The summed E-state index contributed by atoms with van der Waals surface area (Å²) in [6, 6.07) is 10.3. The van der Waals surface area contributed by atoms with Crippen molar-refractivity contribution in [2.45, 2.75) is 0 Å². The number of hydrogen-bond acceptors (Lipinski definition) is 6. The largest absolute Gasteiger partial charge is 0.368 e. The van der Waals surface area contributed by atoms with E-state index < -0.39 is 10.0 Å². The van der Waals surface area contributed by atoms with Crippen molar-refractivity contribution in [2.24, 2.45) is 7.05 Å². The number of anilines is 3. The third-order valence-corrected chi connectivity index (χ3v) is 6.04. The summed E-state index contributed by atoms with van der Waals surface area (Å²) in [5.74, 6) is -0.346. The van der Waals surface area contributed by atoms with E-state index in [4.69, 9.17) is 11.6 Å². The standard InChI is InChI=1S/C22H25ClN6O3S/c1-28-14-15(22(30)26-17-10-16(23)11-18(12-17)27-33(2,31)32)9-21(28)20-4-3-19(13-25-20)29-7-5-24-6-8-29/h3-4,9-14,24,27H,5-8H2,1-2H3,(H,26,30). The third-order valence-electron chi connectivity index (χ3n) is 5.22. The van der Waals surface area contributed by atoms with Crippen LogP contribution in [0.25, 0.3) is 11.4 Å². The summed E-state index contributed by atoms with van der Waals surface area (Å²) in [7, 11) is -1.62. The monoisotopic (exact) mass is 488 g/mol. The average Bonchev–Trinajstić information content (AvgIpc) is 3.14. The molecule has 1 fully saturated rings. The highest BCUT2D eigenvalue weighted by Gasteiger charge is 2.16. The Kier molecular flexibility index (Phi) is 6.59. The molecule has 3 heterocycles. The van der Waals surface area contributed by atoms with Gasteiger partial charge in [0.05, 0.1) is 40.8 Å². The number of rotatable bonds is 6. The molecule has 1 saturated heterocycles. The van der Waals surface area contributed by atoms with Crippen LogP contribution in [0.3, 0.4) is 0 Å². The Morgan fingerprint density at radius 3 is 2.52 bits per heavy atom. The molecule has 3 aromatic rings. The summed E-state index contributed by atoms with van der Waals surface area (Å²) in [5.41, 5.74) is 3.73. The van der Waals surface area contributed by atoms with Crippen molar-refractivity contribution in [3.05, 3.63) is 59.4 Å². The van der Waals surface area contributed by atoms with Crippen LogP contribution in [-0.4, -0.2) is 56.3 Å². The van der Waals surface area contributed by atoms with Crippen LogP contribution in [-0.2, 0) is 17.1 Å². The lowest BCUT2D eigenvalue weighted by molar-refractivity contribution is 0.102. The van der Waals surface area contributed by atoms with Gasteiger partial charge < -0.3 is 20.1 Å². The van der Waals surface area contributed by atoms with Crippen molar-refractivity contribution in [3.63, 3.8) is 0 Å². The van der Waals surface area contributed by atoms with E-state index in [-0.39, 0.29) is 11.6 Å². The average molecular weight is 489 g/mol. The maximum Gasteiger partial charge on any atom is 0.257 e. The molecule has 9 nitrogen and oxygen atoms in total. The smallest absolute Gasteiger partial charge is 0.257 e. The fourth-order valence-electron chi connectivity index (χ4n) is 3.73. The van der Waals surface area contributed by atoms with Crippen molar-refractivity contribution < 1.29 is 13.2 Å². The summed E-state index contributed by atoms with van der Waals surface area (Å²) in [6.45, 7) is 3.80. The number of aryl methyl sites for hydroxylation is 1. The molecule has 11 heteroatoms. The second-order valence-electron chi connectivity index (χ2n) is 7.92. The summed E-state index contributed by atoms with van der Waals surface area (Å²) >= 11 is 6.08. The van der Waals surface area contributed by atoms with E-state index in [1.54, 1.807) is 18.3 Å². The van der Waals surface area contributed by atoms with Crippen molar-refractivity contribution in [1.29, 1.82) is 0 Å². The van der Waals surface area contributed by atoms with E-state index in [0.717, 1.165) is 49.5 Å². The molecule has 0 radical (unpaired) electrons. The fourth-order valence-corrected chi connectivity index (χ4v) is 4.51. The van der Waals surface area contributed by atoms with Crippen LogP contribution in [0.2, 0.25) is 5.02 Å². The van der Waals surface area contributed by atoms with Gasteiger partial charge in [0.1, 0.15) is 0 Å². The van der Waals surface area contributed by atoms with E-state index in [9.17, 15) is 13.2 Å². The molecule has 0 unspecified atom stereocenters. The van der Waals surface area contributed by atoms with Crippen LogP contribution >= 0.6 is 11.6 Å². The van der Waals surface area contributed by atoms with Crippen LogP contribution in [0.4, 0.5) is 17.1 Å². The van der Waals surface area contributed by atoms with Crippen molar-refractivity contribution in [1.82, 2.24) is 14.9 Å². The van der Waals surface area contributed by atoms with Gasteiger partial charge in [0.2, 0.25) is 10.0 Å². The quantitative estimate of drug-likeness (QED) is 0.492. The molecule has 1 aromatic carbocycles. The SMILES string of the molecule is Cn1cc(C(=O)Nc2cc(Cl)cc(NS(C)(=O)=O)c2)cc1-c1ccc(N2CCNCC2)cn1.